The van der Waals surface area contributed by atoms with E-state index in [9.17, 15) is 4.79 Å². The third kappa shape index (κ3) is 4.61. The highest BCUT2D eigenvalue weighted by Gasteiger charge is 2.62. The summed E-state index contributed by atoms with van der Waals surface area (Å²) < 4.78 is 34.8. The first-order valence-electron chi connectivity index (χ1n) is 11.9. The number of nitrogens with two attached hydrogens (primary N) is 1. The molecule has 4 atom stereocenters. The summed E-state index contributed by atoms with van der Waals surface area (Å²) in [7, 11) is -3.89. The average molecular weight is 500 g/mol. The Hall–Kier alpha value is -1.09. The highest BCUT2D eigenvalue weighted by atomic mass is 28.5. The molecule has 3 rings (SSSR count). The van der Waals surface area contributed by atoms with Gasteiger partial charge in [-0.05, 0) is 28.2 Å². The quantitative estimate of drug-likeness (QED) is 0.591. The van der Waals surface area contributed by atoms with Crippen LogP contribution in [0.15, 0.2) is 17.1 Å². The summed E-state index contributed by atoms with van der Waals surface area (Å²) in [6.45, 7) is 17.7. The maximum atomic E-state index is 12.6. The number of rotatable bonds is 6. The molecule has 33 heavy (non-hydrogen) atoms. The molecule has 9 nitrogen and oxygen atoms in total. The number of anilines is 1. The van der Waals surface area contributed by atoms with Gasteiger partial charge < -0.3 is 28.2 Å². The van der Waals surface area contributed by atoms with Crippen LogP contribution >= 0.6 is 0 Å². The molecule has 0 unspecified atom stereocenters. The van der Waals surface area contributed by atoms with Crippen molar-refractivity contribution in [3.05, 3.63) is 22.7 Å². The lowest BCUT2D eigenvalue weighted by atomic mass is 10.1. The number of hydrogen-bond donors (Lipinski definition) is 1. The normalized spacial score (nSPS) is 29.5. The van der Waals surface area contributed by atoms with Gasteiger partial charge in [-0.25, -0.2) is 4.79 Å². The van der Waals surface area contributed by atoms with Crippen LogP contribution in [0.3, 0.4) is 0 Å². The Morgan fingerprint density at radius 1 is 1.06 bits per heavy atom. The van der Waals surface area contributed by atoms with Crippen LogP contribution in [0.1, 0.15) is 61.6 Å². The molecular weight excluding hydrogens is 458 g/mol. The third-order valence-electron chi connectivity index (χ3n) is 7.01. The van der Waals surface area contributed by atoms with Gasteiger partial charge >= 0.3 is 22.8 Å². The fraction of sp³-hybridized carbons (Fsp3) is 0.818. The fourth-order valence-corrected chi connectivity index (χ4v) is 16.4. The molecule has 2 fully saturated rings. The number of ether oxygens (including phenoxy) is 2. The van der Waals surface area contributed by atoms with Gasteiger partial charge in [0.1, 0.15) is 24.1 Å². The Morgan fingerprint density at radius 3 is 2.12 bits per heavy atom. The Bertz CT molecular complexity index is 862. The number of nitrogens with zero attached hydrogens (tertiary/aromatic N) is 2. The zero-order valence-corrected chi connectivity index (χ0v) is 23.4. The predicted molar refractivity (Wildman–Crippen MR) is 131 cm³/mol. The highest BCUT2D eigenvalue weighted by molar-refractivity contribution is 6.83. The molecule has 188 valence electrons. The molecule has 1 aromatic heterocycles. The van der Waals surface area contributed by atoms with Crippen LogP contribution in [0, 0.1) is 0 Å². The van der Waals surface area contributed by atoms with Gasteiger partial charge in [0, 0.05) is 13.3 Å². The van der Waals surface area contributed by atoms with E-state index in [4.69, 9.17) is 28.2 Å². The summed E-state index contributed by atoms with van der Waals surface area (Å²) in [5.41, 5.74) is 6.04. The lowest BCUT2D eigenvalue weighted by molar-refractivity contribution is -0.0638. The summed E-state index contributed by atoms with van der Waals surface area (Å²) in [5.74, 6) is 0.165. The van der Waals surface area contributed by atoms with Crippen molar-refractivity contribution in [2.45, 2.75) is 102 Å². The number of aromatic nitrogens is 2. The van der Waals surface area contributed by atoms with Crippen molar-refractivity contribution in [1.82, 2.24) is 9.55 Å². The zero-order chi connectivity index (χ0) is 24.7. The summed E-state index contributed by atoms with van der Waals surface area (Å²) in [5, 5.41) is 0. The molecule has 0 bridgehead atoms. The maximum absolute atomic E-state index is 12.6. The van der Waals surface area contributed by atoms with Gasteiger partial charge in [-0.1, -0.05) is 55.4 Å². The van der Waals surface area contributed by atoms with Crippen LogP contribution in [0.5, 0.6) is 0 Å². The first kappa shape index (κ1) is 26.5. The molecule has 0 spiro atoms. The Morgan fingerprint density at radius 2 is 1.64 bits per heavy atom. The summed E-state index contributed by atoms with van der Waals surface area (Å²) in [6, 6.07) is 1.58. The molecule has 2 aliphatic rings. The number of fused-ring (bicyclic) bond motifs is 1. The first-order chi connectivity index (χ1) is 15.4. The first-order valence-corrected chi connectivity index (χ1v) is 15.9. The van der Waals surface area contributed by atoms with Gasteiger partial charge in [0.25, 0.3) is 0 Å². The molecule has 0 amide bonds. The second-order valence-corrected chi connectivity index (χ2v) is 19.2. The summed E-state index contributed by atoms with van der Waals surface area (Å²) >= 11 is 0. The lowest BCUT2D eigenvalue weighted by Gasteiger charge is -2.51. The molecule has 2 N–H and O–H groups in total. The van der Waals surface area contributed by atoms with Gasteiger partial charge in [0.15, 0.2) is 6.23 Å². The van der Waals surface area contributed by atoms with Crippen molar-refractivity contribution in [2.24, 2.45) is 0 Å². The molecule has 3 heterocycles. The van der Waals surface area contributed by atoms with Crippen molar-refractivity contribution >= 4 is 22.9 Å². The van der Waals surface area contributed by atoms with E-state index in [1.54, 1.807) is 19.4 Å². The topological polar surface area (TPSA) is 107 Å². The molecule has 0 radical (unpaired) electrons. The molecule has 0 saturated carbocycles. The van der Waals surface area contributed by atoms with Crippen molar-refractivity contribution in [3.8, 4) is 0 Å². The molecule has 2 aliphatic heterocycles. The average Bonchev–Trinajstić information content (AvgIpc) is 3.03. The molecule has 2 saturated heterocycles. The van der Waals surface area contributed by atoms with Crippen LogP contribution in [0.25, 0.3) is 0 Å². The molecule has 0 aromatic carbocycles. The van der Waals surface area contributed by atoms with E-state index in [1.807, 2.05) is 0 Å². The van der Waals surface area contributed by atoms with E-state index in [-0.39, 0.29) is 28.0 Å². The van der Waals surface area contributed by atoms with E-state index in [2.05, 4.69) is 60.4 Å². The van der Waals surface area contributed by atoms with Gasteiger partial charge in [0.05, 0.1) is 6.61 Å². The van der Waals surface area contributed by atoms with E-state index >= 15 is 0 Å². The van der Waals surface area contributed by atoms with E-state index in [0.29, 0.717) is 6.61 Å². The highest BCUT2D eigenvalue weighted by Crippen LogP contribution is 2.48. The Balaban J connectivity index is 2.11. The second-order valence-electron chi connectivity index (χ2n) is 10.4. The lowest BCUT2D eigenvalue weighted by Crippen LogP contribution is -2.65. The number of nitrogen functional groups attached to an aromatic ring is 1. The van der Waals surface area contributed by atoms with Gasteiger partial charge in [-0.15, -0.1) is 0 Å². The van der Waals surface area contributed by atoms with Gasteiger partial charge in [-0.2, -0.15) is 4.98 Å². The van der Waals surface area contributed by atoms with Crippen molar-refractivity contribution in [3.63, 3.8) is 0 Å². The molecule has 11 heteroatoms. The van der Waals surface area contributed by atoms with Gasteiger partial charge in [-0.3, -0.25) is 4.57 Å². The minimum Gasteiger partial charge on any atom is -0.414 e. The second kappa shape index (κ2) is 9.88. The van der Waals surface area contributed by atoms with Crippen LogP contribution in [0.4, 0.5) is 5.82 Å². The summed E-state index contributed by atoms with van der Waals surface area (Å²) in [6.07, 6.45) is -0.474. The Labute approximate surface area is 199 Å². The van der Waals surface area contributed by atoms with Crippen LogP contribution in [0.2, 0.25) is 22.2 Å². The molecular formula is C22H41N3O6Si2. The SMILES string of the molecule is CO[C@@H]1[C@@H]2O[Si](C(C)C)(C(C)C)O[Si](C(C)C)(C(C)C)OC[C@H]2O[C@H]1n1ccc(N)nc1=O. The maximum Gasteiger partial charge on any atom is 0.351 e. The van der Waals surface area contributed by atoms with Crippen molar-refractivity contribution < 1.29 is 22.4 Å². The molecule has 0 aliphatic carbocycles. The van der Waals surface area contributed by atoms with Crippen LogP contribution in [-0.4, -0.2) is 58.7 Å². The van der Waals surface area contributed by atoms with Gasteiger partial charge in [0.2, 0.25) is 0 Å². The smallest absolute Gasteiger partial charge is 0.351 e. The zero-order valence-electron chi connectivity index (χ0n) is 21.4. The molecule has 1 aromatic rings. The fourth-order valence-electron chi connectivity index (χ4n) is 5.22. The van der Waals surface area contributed by atoms with Crippen molar-refractivity contribution in [2.75, 3.05) is 19.5 Å². The number of hydrogen-bond acceptors (Lipinski definition) is 8. The van der Waals surface area contributed by atoms with Crippen LogP contribution < -0.4 is 11.4 Å². The number of methoxy groups -OCH3 is 1. The van der Waals surface area contributed by atoms with E-state index < -0.39 is 47.4 Å². The van der Waals surface area contributed by atoms with E-state index in [1.165, 1.54) is 4.57 Å². The van der Waals surface area contributed by atoms with E-state index in [0.717, 1.165) is 0 Å². The minimum atomic E-state index is -2.82. The largest absolute Gasteiger partial charge is 0.414 e. The Kier molecular flexibility index (Phi) is 7.94. The minimum absolute atomic E-state index is 0.165. The standard InChI is InChI=1S/C22H41N3O6Si2/c1-13(2)32(14(3)4)28-12-17-19(30-33(31-32,15(5)6)16(7)8)20(27-9)21(29-17)25-11-10-18(23)24-22(25)26/h10-11,13-17,19-21H,12H2,1-9H3,(H2,23,24,26)/t17-,19-,20-,21-/m1/s1. The summed E-state index contributed by atoms with van der Waals surface area (Å²) in [4.78, 5) is 16.5. The third-order valence-corrected chi connectivity index (χ3v) is 17.3. The monoisotopic (exact) mass is 499 g/mol. The van der Waals surface area contributed by atoms with Crippen molar-refractivity contribution in [1.29, 1.82) is 0 Å². The van der Waals surface area contributed by atoms with Crippen LogP contribution in [-0.2, 0) is 22.4 Å². The predicted octanol–water partition coefficient (Wildman–Crippen LogP) is 3.69.